The van der Waals surface area contributed by atoms with Crippen molar-refractivity contribution in [1.82, 2.24) is 0 Å². The maximum atomic E-state index is 12.6. The van der Waals surface area contributed by atoms with Gasteiger partial charge in [0.25, 0.3) is 5.91 Å². The van der Waals surface area contributed by atoms with Crippen LogP contribution in [0.1, 0.15) is 23.7 Å². The van der Waals surface area contributed by atoms with Crippen LogP contribution in [0.3, 0.4) is 0 Å². The Morgan fingerprint density at radius 3 is 2.06 bits per heavy atom. The summed E-state index contributed by atoms with van der Waals surface area (Å²) < 4.78 is 15.2. The molecule has 8 heteroatoms. The normalized spacial score (nSPS) is 10.1. The van der Waals surface area contributed by atoms with E-state index in [4.69, 9.17) is 14.2 Å². The number of nitrogens with one attached hydrogen (secondary N) is 2. The lowest BCUT2D eigenvalue weighted by Gasteiger charge is -2.13. The second-order valence-corrected chi connectivity index (χ2v) is 6.77. The van der Waals surface area contributed by atoms with Crippen LogP contribution in [0.4, 0.5) is 16.2 Å². The van der Waals surface area contributed by atoms with Crippen LogP contribution in [-0.4, -0.2) is 31.2 Å². The zero-order chi connectivity index (χ0) is 23.5. The Morgan fingerprint density at radius 1 is 0.758 bits per heavy atom. The molecule has 0 heterocycles. The molecule has 0 saturated carbocycles. The van der Waals surface area contributed by atoms with Gasteiger partial charge in [-0.05, 0) is 55.5 Å². The Balaban J connectivity index is 1.55. The molecule has 33 heavy (non-hydrogen) atoms. The Hall–Kier alpha value is -4.33. The number of hydrogen-bond donors (Lipinski definition) is 2. The smallest absolute Gasteiger partial charge is 0.493 e. The third kappa shape index (κ3) is 7.39. The minimum absolute atomic E-state index is 0.152. The SMILES string of the molecule is CCOC(=O)Oc1ccc(C(=O)Nc2ccccc2NC(=O)CCOc2ccccc2)cc1. The van der Waals surface area contributed by atoms with Crippen molar-refractivity contribution in [3.8, 4) is 11.5 Å². The molecule has 0 aliphatic rings. The largest absolute Gasteiger partial charge is 0.513 e. The van der Waals surface area contributed by atoms with Crippen LogP contribution in [0.5, 0.6) is 11.5 Å². The van der Waals surface area contributed by atoms with E-state index in [1.807, 2.05) is 30.3 Å². The molecule has 0 aromatic heterocycles. The van der Waals surface area contributed by atoms with Gasteiger partial charge in [0.05, 0.1) is 31.0 Å². The lowest BCUT2D eigenvalue weighted by atomic mass is 10.2. The summed E-state index contributed by atoms with van der Waals surface area (Å²) in [5, 5.41) is 5.57. The molecule has 3 rings (SSSR count). The minimum atomic E-state index is -0.812. The molecule has 3 aromatic rings. The van der Waals surface area contributed by atoms with Gasteiger partial charge < -0.3 is 24.8 Å². The highest BCUT2D eigenvalue weighted by Crippen LogP contribution is 2.23. The van der Waals surface area contributed by atoms with E-state index >= 15 is 0 Å². The summed E-state index contributed by atoms with van der Waals surface area (Å²) in [6.07, 6.45) is -0.660. The summed E-state index contributed by atoms with van der Waals surface area (Å²) in [4.78, 5) is 36.3. The molecule has 0 aliphatic carbocycles. The van der Waals surface area contributed by atoms with Gasteiger partial charge in [-0.3, -0.25) is 9.59 Å². The highest BCUT2D eigenvalue weighted by atomic mass is 16.7. The summed E-state index contributed by atoms with van der Waals surface area (Å²) in [5.74, 6) is 0.326. The van der Waals surface area contributed by atoms with E-state index in [-0.39, 0.29) is 37.2 Å². The van der Waals surface area contributed by atoms with Gasteiger partial charge in [0.1, 0.15) is 11.5 Å². The number of rotatable bonds is 9. The van der Waals surface area contributed by atoms with Crippen LogP contribution in [0.25, 0.3) is 0 Å². The molecule has 2 amide bonds. The quantitative estimate of drug-likeness (QED) is 0.357. The number of carbonyl (C=O) groups is 3. The van der Waals surface area contributed by atoms with Gasteiger partial charge in [-0.25, -0.2) is 4.79 Å². The van der Waals surface area contributed by atoms with Crippen molar-refractivity contribution in [1.29, 1.82) is 0 Å². The molecule has 0 radical (unpaired) electrons. The lowest BCUT2D eigenvalue weighted by Crippen LogP contribution is -2.18. The van der Waals surface area contributed by atoms with Gasteiger partial charge in [0, 0.05) is 5.56 Å². The summed E-state index contributed by atoms with van der Waals surface area (Å²) >= 11 is 0. The molecule has 0 bridgehead atoms. The third-order valence-electron chi connectivity index (χ3n) is 4.37. The second kappa shape index (κ2) is 11.9. The third-order valence-corrected chi connectivity index (χ3v) is 4.37. The number of para-hydroxylation sites is 3. The standard InChI is InChI=1S/C25H24N2O6/c1-2-31-25(30)33-20-14-12-18(13-15-20)24(29)27-22-11-7-6-10-21(22)26-23(28)16-17-32-19-8-4-3-5-9-19/h3-15H,2,16-17H2,1H3,(H,26,28)(H,27,29). The average molecular weight is 448 g/mol. The van der Waals surface area contributed by atoms with Crippen LogP contribution in [0.15, 0.2) is 78.9 Å². The number of anilines is 2. The molecule has 0 atom stereocenters. The van der Waals surface area contributed by atoms with Gasteiger partial charge in [0.2, 0.25) is 5.91 Å². The van der Waals surface area contributed by atoms with Crippen molar-refractivity contribution >= 4 is 29.3 Å². The molecule has 0 fully saturated rings. The fourth-order valence-corrected chi connectivity index (χ4v) is 2.80. The van der Waals surface area contributed by atoms with Crippen molar-refractivity contribution in [2.75, 3.05) is 23.8 Å². The number of ether oxygens (including phenoxy) is 3. The molecule has 0 unspecified atom stereocenters. The number of hydrogen-bond acceptors (Lipinski definition) is 6. The van der Waals surface area contributed by atoms with E-state index in [1.165, 1.54) is 24.3 Å². The molecular formula is C25H24N2O6. The van der Waals surface area contributed by atoms with Crippen molar-refractivity contribution in [2.45, 2.75) is 13.3 Å². The predicted octanol–water partition coefficient (Wildman–Crippen LogP) is 4.88. The first-order valence-electron chi connectivity index (χ1n) is 10.4. The van der Waals surface area contributed by atoms with Crippen LogP contribution in [-0.2, 0) is 9.53 Å². The molecule has 0 saturated heterocycles. The second-order valence-electron chi connectivity index (χ2n) is 6.77. The Kier molecular flexibility index (Phi) is 8.41. The summed E-state index contributed by atoms with van der Waals surface area (Å²) in [7, 11) is 0. The van der Waals surface area contributed by atoms with Crippen LogP contribution < -0.4 is 20.1 Å². The lowest BCUT2D eigenvalue weighted by molar-refractivity contribution is -0.116. The first kappa shape index (κ1) is 23.3. The minimum Gasteiger partial charge on any atom is -0.493 e. The zero-order valence-corrected chi connectivity index (χ0v) is 18.1. The Labute approximate surface area is 191 Å². The molecule has 8 nitrogen and oxygen atoms in total. The van der Waals surface area contributed by atoms with E-state index in [2.05, 4.69) is 10.6 Å². The van der Waals surface area contributed by atoms with Crippen molar-refractivity contribution in [2.24, 2.45) is 0 Å². The summed E-state index contributed by atoms with van der Waals surface area (Å²) in [6.45, 7) is 2.10. The predicted molar refractivity (Wildman–Crippen MR) is 124 cm³/mol. The molecular weight excluding hydrogens is 424 g/mol. The molecule has 170 valence electrons. The van der Waals surface area contributed by atoms with Gasteiger partial charge in [0.15, 0.2) is 0 Å². The zero-order valence-electron chi connectivity index (χ0n) is 18.1. The van der Waals surface area contributed by atoms with E-state index in [0.717, 1.165) is 0 Å². The van der Waals surface area contributed by atoms with Crippen LogP contribution in [0, 0.1) is 0 Å². The highest BCUT2D eigenvalue weighted by molar-refractivity contribution is 6.07. The van der Waals surface area contributed by atoms with Gasteiger partial charge in [-0.15, -0.1) is 0 Å². The van der Waals surface area contributed by atoms with E-state index in [1.54, 1.807) is 31.2 Å². The van der Waals surface area contributed by atoms with Gasteiger partial charge >= 0.3 is 6.16 Å². The van der Waals surface area contributed by atoms with E-state index in [0.29, 0.717) is 22.7 Å². The van der Waals surface area contributed by atoms with Crippen molar-refractivity contribution in [3.63, 3.8) is 0 Å². The first-order valence-corrected chi connectivity index (χ1v) is 10.4. The molecule has 3 aromatic carbocycles. The van der Waals surface area contributed by atoms with E-state index in [9.17, 15) is 14.4 Å². The van der Waals surface area contributed by atoms with Crippen molar-refractivity contribution in [3.05, 3.63) is 84.4 Å². The molecule has 0 spiro atoms. The number of benzene rings is 3. The Morgan fingerprint density at radius 2 is 1.39 bits per heavy atom. The maximum absolute atomic E-state index is 12.6. The summed E-state index contributed by atoms with van der Waals surface area (Å²) in [6, 6.07) is 22.1. The maximum Gasteiger partial charge on any atom is 0.513 e. The first-order chi connectivity index (χ1) is 16.0. The van der Waals surface area contributed by atoms with Gasteiger partial charge in [-0.2, -0.15) is 0 Å². The Bertz CT molecular complexity index is 1080. The average Bonchev–Trinajstić information content (AvgIpc) is 2.81. The van der Waals surface area contributed by atoms with Crippen molar-refractivity contribution < 1.29 is 28.6 Å². The fraction of sp³-hybridized carbons (Fsp3) is 0.160. The number of amides is 2. The fourth-order valence-electron chi connectivity index (χ4n) is 2.80. The molecule has 0 aliphatic heterocycles. The highest BCUT2D eigenvalue weighted by Gasteiger charge is 2.12. The molecule has 2 N–H and O–H groups in total. The van der Waals surface area contributed by atoms with E-state index < -0.39 is 6.16 Å². The number of carbonyl (C=O) groups excluding carboxylic acids is 3. The van der Waals surface area contributed by atoms with Crippen LogP contribution in [0.2, 0.25) is 0 Å². The van der Waals surface area contributed by atoms with Gasteiger partial charge in [-0.1, -0.05) is 30.3 Å². The van der Waals surface area contributed by atoms with Crippen LogP contribution >= 0.6 is 0 Å². The summed E-state index contributed by atoms with van der Waals surface area (Å²) in [5.41, 5.74) is 1.27. The topological polar surface area (TPSA) is 103 Å². The monoisotopic (exact) mass is 448 g/mol.